The molecule has 2 rings (SSSR count). The average Bonchev–Trinajstić information content (AvgIpc) is 2.74. The zero-order valence-corrected chi connectivity index (χ0v) is 12.1. The number of rotatable bonds is 2. The molecule has 1 heterocycles. The molecule has 0 fully saturated rings. The monoisotopic (exact) mass is 248 g/mol. The third kappa shape index (κ3) is 4.06. The second kappa shape index (κ2) is 7.04. The van der Waals surface area contributed by atoms with Crippen molar-refractivity contribution >= 4 is 11.9 Å². The molecule has 0 saturated carbocycles. The molecule has 1 unspecified atom stereocenters. The molecular weight excluding hydrogens is 224 g/mol. The van der Waals surface area contributed by atoms with Crippen LogP contribution in [0.15, 0.2) is 29.4 Å². The minimum Gasteiger partial charge on any atom is -0.495 e. The Hall–Kier alpha value is -1.51. The molecule has 3 nitrogen and oxygen atoms in total. The van der Waals surface area contributed by atoms with Gasteiger partial charge in [-0.2, -0.15) is 5.10 Å². The Bertz CT molecular complexity index is 385. The summed E-state index contributed by atoms with van der Waals surface area (Å²) in [5.74, 6) is 1.71. The van der Waals surface area contributed by atoms with E-state index in [1.807, 2.05) is 35.5 Å². The Morgan fingerprint density at radius 3 is 2.39 bits per heavy atom. The molecule has 0 aromatic heterocycles. The normalized spacial score (nSPS) is 17.7. The highest BCUT2D eigenvalue weighted by molar-refractivity contribution is 5.69. The van der Waals surface area contributed by atoms with Crippen LogP contribution in [-0.2, 0) is 0 Å². The third-order valence-corrected chi connectivity index (χ3v) is 2.40. The fourth-order valence-corrected chi connectivity index (χ4v) is 1.62. The zero-order chi connectivity index (χ0) is 13.5. The zero-order valence-electron chi connectivity index (χ0n) is 12.1. The minimum atomic E-state index is 0.422. The van der Waals surface area contributed by atoms with Gasteiger partial charge in [0.15, 0.2) is 0 Å². The van der Waals surface area contributed by atoms with E-state index >= 15 is 0 Å². The van der Waals surface area contributed by atoms with Crippen LogP contribution < -0.4 is 9.75 Å². The summed E-state index contributed by atoms with van der Waals surface area (Å²) in [6, 6.07) is 8.37. The van der Waals surface area contributed by atoms with Gasteiger partial charge in [-0.25, -0.2) is 0 Å². The largest absolute Gasteiger partial charge is 0.495 e. The first-order valence-electron chi connectivity index (χ1n) is 6.51. The van der Waals surface area contributed by atoms with Crippen molar-refractivity contribution in [3.05, 3.63) is 24.3 Å². The molecule has 0 N–H and O–H groups in total. The number of hydrogen-bond donors (Lipinski definition) is 0. The number of anilines is 1. The quantitative estimate of drug-likeness (QED) is 0.792. The number of benzene rings is 1. The molecule has 0 saturated heterocycles. The van der Waals surface area contributed by atoms with E-state index in [1.54, 1.807) is 7.11 Å². The predicted molar refractivity (Wildman–Crippen MR) is 78.6 cm³/mol. The Labute approximate surface area is 110 Å². The molecule has 3 heteroatoms. The summed E-state index contributed by atoms with van der Waals surface area (Å²) in [6.07, 6.45) is 2.94. The van der Waals surface area contributed by atoms with Crippen molar-refractivity contribution in [1.29, 1.82) is 0 Å². The standard InChI is InChI=1S/C11H14N2O.C4H10/c1-9-7-8-12-13(9)10-5-3-4-6-11(10)14-2;1-4(2)3/h3-6,8-9H,7H2,1-2H3;4H,1-3H3. The van der Waals surface area contributed by atoms with Gasteiger partial charge in [0.25, 0.3) is 0 Å². The van der Waals surface area contributed by atoms with E-state index in [-0.39, 0.29) is 0 Å². The van der Waals surface area contributed by atoms with Crippen molar-refractivity contribution in [2.75, 3.05) is 12.1 Å². The van der Waals surface area contributed by atoms with E-state index in [0.717, 1.165) is 23.8 Å². The lowest BCUT2D eigenvalue weighted by Crippen LogP contribution is -2.22. The van der Waals surface area contributed by atoms with Crippen LogP contribution in [0.4, 0.5) is 5.69 Å². The number of hydrazone groups is 1. The third-order valence-electron chi connectivity index (χ3n) is 2.40. The maximum Gasteiger partial charge on any atom is 0.144 e. The number of nitrogens with zero attached hydrogens (tertiary/aromatic N) is 2. The molecule has 0 spiro atoms. The SMILES string of the molecule is CC(C)C.COc1ccccc1N1N=CCC1C. The predicted octanol–water partition coefficient (Wildman–Crippen LogP) is 3.94. The lowest BCUT2D eigenvalue weighted by molar-refractivity contribution is 0.413. The summed E-state index contributed by atoms with van der Waals surface area (Å²) < 4.78 is 5.29. The molecule has 18 heavy (non-hydrogen) atoms. The summed E-state index contributed by atoms with van der Waals surface area (Å²) in [7, 11) is 1.68. The Balaban J connectivity index is 0.000000357. The van der Waals surface area contributed by atoms with E-state index in [9.17, 15) is 0 Å². The summed E-state index contributed by atoms with van der Waals surface area (Å²) in [4.78, 5) is 0. The molecule has 100 valence electrons. The summed E-state index contributed by atoms with van der Waals surface area (Å²) >= 11 is 0. The number of para-hydroxylation sites is 2. The van der Waals surface area contributed by atoms with Crippen LogP contribution in [0.1, 0.15) is 34.1 Å². The first-order chi connectivity index (χ1) is 8.56. The molecule has 0 amide bonds. The first kappa shape index (κ1) is 14.6. The minimum absolute atomic E-state index is 0.422. The van der Waals surface area contributed by atoms with Crippen molar-refractivity contribution in [2.24, 2.45) is 11.0 Å². The van der Waals surface area contributed by atoms with Crippen LogP contribution in [0.5, 0.6) is 5.75 Å². The Morgan fingerprint density at radius 2 is 1.89 bits per heavy atom. The summed E-state index contributed by atoms with van der Waals surface area (Å²) in [5.41, 5.74) is 1.04. The van der Waals surface area contributed by atoms with Crippen molar-refractivity contribution in [1.82, 2.24) is 0 Å². The number of methoxy groups -OCH3 is 1. The van der Waals surface area contributed by atoms with Gasteiger partial charge in [-0.1, -0.05) is 32.9 Å². The number of ether oxygens (including phenoxy) is 1. The van der Waals surface area contributed by atoms with E-state index in [1.165, 1.54) is 0 Å². The highest BCUT2D eigenvalue weighted by Gasteiger charge is 2.19. The fraction of sp³-hybridized carbons (Fsp3) is 0.533. The van der Waals surface area contributed by atoms with Crippen LogP contribution in [0, 0.1) is 5.92 Å². The fourth-order valence-electron chi connectivity index (χ4n) is 1.62. The maximum absolute atomic E-state index is 5.29. The molecule has 1 aromatic carbocycles. The van der Waals surface area contributed by atoms with Crippen LogP contribution in [0.2, 0.25) is 0 Å². The van der Waals surface area contributed by atoms with Crippen LogP contribution in [0.3, 0.4) is 0 Å². The van der Waals surface area contributed by atoms with Crippen LogP contribution in [0.25, 0.3) is 0 Å². The highest BCUT2D eigenvalue weighted by atomic mass is 16.5. The van der Waals surface area contributed by atoms with Crippen molar-refractivity contribution < 1.29 is 4.74 Å². The van der Waals surface area contributed by atoms with Gasteiger partial charge in [-0.15, -0.1) is 0 Å². The van der Waals surface area contributed by atoms with Crippen molar-refractivity contribution in [2.45, 2.75) is 40.2 Å². The van der Waals surface area contributed by atoms with Gasteiger partial charge in [-0.3, -0.25) is 5.01 Å². The lowest BCUT2D eigenvalue weighted by atomic mass is 10.2. The second-order valence-corrected chi connectivity index (χ2v) is 5.13. The van der Waals surface area contributed by atoms with E-state index in [2.05, 4.69) is 32.8 Å². The molecule has 0 aliphatic carbocycles. The van der Waals surface area contributed by atoms with Gasteiger partial charge in [0.05, 0.1) is 13.2 Å². The second-order valence-electron chi connectivity index (χ2n) is 5.13. The molecule has 0 bridgehead atoms. The lowest BCUT2D eigenvalue weighted by Gasteiger charge is -2.22. The van der Waals surface area contributed by atoms with Gasteiger partial charge >= 0.3 is 0 Å². The molecule has 1 aromatic rings. The van der Waals surface area contributed by atoms with Crippen LogP contribution in [-0.4, -0.2) is 19.4 Å². The first-order valence-corrected chi connectivity index (χ1v) is 6.51. The van der Waals surface area contributed by atoms with Crippen LogP contribution >= 0.6 is 0 Å². The summed E-state index contributed by atoms with van der Waals surface area (Å²) in [5, 5.41) is 6.32. The molecular formula is C15H24N2O. The number of hydrogen-bond acceptors (Lipinski definition) is 3. The smallest absolute Gasteiger partial charge is 0.144 e. The van der Waals surface area contributed by atoms with Gasteiger partial charge in [0.1, 0.15) is 11.4 Å². The van der Waals surface area contributed by atoms with Crippen molar-refractivity contribution in [3.63, 3.8) is 0 Å². The average molecular weight is 248 g/mol. The van der Waals surface area contributed by atoms with E-state index in [4.69, 9.17) is 4.74 Å². The van der Waals surface area contributed by atoms with E-state index in [0.29, 0.717) is 6.04 Å². The Morgan fingerprint density at radius 1 is 1.28 bits per heavy atom. The van der Waals surface area contributed by atoms with Crippen molar-refractivity contribution in [3.8, 4) is 5.75 Å². The molecule has 1 atom stereocenters. The highest BCUT2D eigenvalue weighted by Crippen LogP contribution is 2.31. The van der Waals surface area contributed by atoms with Gasteiger partial charge in [-0.05, 0) is 25.0 Å². The maximum atomic E-state index is 5.29. The molecule has 1 aliphatic heterocycles. The van der Waals surface area contributed by atoms with Gasteiger partial charge in [0.2, 0.25) is 0 Å². The summed E-state index contributed by atoms with van der Waals surface area (Å²) in [6.45, 7) is 8.65. The molecule has 0 radical (unpaired) electrons. The molecule has 1 aliphatic rings. The Kier molecular flexibility index (Phi) is 5.69. The topological polar surface area (TPSA) is 24.8 Å². The van der Waals surface area contributed by atoms with E-state index < -0.39 is 0 Å². The van der Waals surface area contributed by atoms with Gasteiger partial charge < -0.3 is 4.74 Å². The van der Waals surface area contributed by atoms with Gasteiger partial charge in [0, 0.05) is 12.6 Å².